The van der Waals surface area contributed by atoms with Gasteiger partial charge in [-0.2, -0.15) is 0 Å². The van der Waals surface area contributed by atoms with E-state index in [1.54, 1.807) is 13.0 Å². The SMILES string of the molecule is CCOC(=O)c1cccc(-c2cccc3cc(Cc4cccc(Cl)c4)oc23)c1. The fraction of sp³-hybridized carbons (Fsp3) is 0.125. The average molecular weight is 391 g/mol. The Kier molecular flexibility index (Phi) is 5.18. The summed E-state index contributed by atoms with van der Waals surface area (Å²) >= 11 is 6.09. The molecule has 1 aromatic heterocycles. The molecule has 4 aromatic rings. The van der Waals surface area contributed by atoms with Crippen molar-refractivity contribution in [1.29, 1.82) is 0 Å². The number of carbonyl (C=O) groups excluding carboxylic acids is 1. The number of hydrogen-bond donors (Lipinski definition) is 0. The van der Waals surface area contributed by atoms with Crippen molar-refractivity contribution in [2.24, 2.45) is 0 Å². The molecule has 0 amide bonds. The molecule has 0 aliphatic carbocycles. The van der Waals surface area contributed by atoms with Gasteiger partial charge in [-0.25, -0.2) is 4.79 Å². The number of carbonyl (C=O) groups is 1. The highest BCUT2D eigenvalue weighted by Crippen LogP contribution is 2.32. The molecule has 3 aromatic carbocycles. The van der Waals surface area contributed by atoms with Crippen LogP contribution in [0.15, 0.2) is 77.2 Å². The maximum absolute atomic E-state index is 12.1. The van der Waals surface area contributed by atoms with Crippen molar-refractivity contribution in [3.8, 4) is 11.1 Å². The van der Waals surface area contributed by atoms with Crippen molar-refractivity contribution >= 4 is 28.5 Å². The van der Waals surface area contributed by atoms with E-state index in [2.05, 4.69) is 6.07 Å². The summed E-state index contributed by atoms with van der Waals surface area (Å²) < 4.78 is 11.3. The number of hydrogen-bond acceptors (Lipinski definition) is 3. The van der Waals surface area contributed by atoms with Gasteiger partial charge in [0, 0.05) is 22.4 Å². The van der Waals surface area contributed by atoms with Crippen molar-refractivity contribution in [3.05, 3.63) is 94.7 Å². The van der Waals surface area contributed by atoms with Crippen molar-refractivity contribution < 1.29 is 13.9 Å². The van der Waals surface area contributed by atoms with Crippen LogP contribution in [0.3, 0.4) is 0 Å². The first-order chi connectivity index (χ1) is 13.6. The van der Waals surface area contributed by atoms with Gasteiger partial charge in [0.1, 0.15) is 11.3 Å². The van der Waals surface area contributed by atoms with E-state index in [1.165, 1.54) is 0 Å². The zero-order valence-electron chi connectivity index (χ0n) is 15.4. The molecule has 0 saturated carbocycles. The summed E-state index contributed by atoms with van der Waals surface area (Å²) in [5, 5.41) is 1.74. The van der Waals surface area contributed by atoms with Crippen LogP contribution in [0, 0.1) is 0 Å². The number of benzene rings is 3. The highest BCUT2D eigenvalue weighted by Gasteiger charge is 2.13. The first kappa shape index (κ1) is 18.3. The summed E-state index contributed by atoms with van der Waals surface area (Å²) in [4.78, 5) is 12.1. The molecular formula is C24H19ClO3. The van der Waals surface area contributed by atoms with Crippen LogP contribution in [0.4, 0.5) is 0 Å². The van der Waals surface area contributed by atoms with E-state index in [0.717, 1.165) is 33.4 Å². The first-order valence-electron chi connectivity index (χ1n) is 9.17. The zero-order chi connectivity index (χ0) is 19.5. The van der Waals surface area contributed by atoms with Gasteiger partial charge in [-0.15, -0.1) is 0 Å². The molecule has 1 heterocycles. The Morgan fingerprint density at radius 3 is 2.64 bits per heavy atom. The maximum atomic E-state index is 12.1. The summed E-state index contributed by atoms with van der Waals surface area (Å²) in [6.07, 6.45) is 0.664. The highest BCUT2D eigenvalue weighted by molar-refractivity contribution is 6.30. The smallest absolute Gasteiger partial charge is 0.338 e. The van der Waals surface area contributed by atoms with E-state index in [4.69, 9.17) is 20.8 Å². The molecule has 3 nitrogen and oxygen atoms in total. The first-order valence-corrected chi connectivity index (χ1v) is 9.55. The third-order valence-corrected chi connectivity index (χ3v) is 4.78. The summed E-state index contributed by atoms with van der Waals surface area (Å²) in [5.41, 5.74) is 4.29. The Hall–Kier alpha value is -3.04. The Morgan fingerprint density at radius 1 is 1.00 bits per heavy atom. The molecule has 0 unspecified atom stereocenters. The molecule has 0 bridgehead atoms. The predicted octanol–water partition coefficient (Wildman–Crippen LogP) is 6.52. The Morgan fingerprint density at radius 2 is 1.82 bits per heavy atom. The average Bonchev–Trinajstić information content (AvgIpc) is 3.10. The lowest BCUT2D eigenvalue weighted by atomic mass is 10.0. The fourth-order valence-corrected chi connectivity index (χ4v) is 3.52. The van der Waals surface area contributed by atoms with Crippen LogP contribution in [-0.4, -0.2) is 12.6 Å². The normalized spacial score (nSPS) is 10.9. The zero-order valence-corrected chi connectivity index (χ0v) is 16.2. The molecule has 0 fully saturated rings. The van der Waals surface area contributed by atoms with E-state index < -0.39 is 0 Å². The van der Waals surface area contributed by atoms with Crippen LogP contribution in [0.1, 0.15) is 28.6 Å². The number of esters is 1. The lowest BCUT2D eigenvalue weighted by molar-refractivity contribution is 0.0526. The molecule has 0 spiro atoms. The van der Waals surface area contributed by atoms with Crippen LogP contribution < -0.4 is 0 Å². The van der Waals surface area contributed by atoms with Crippen LogP contribution >= 0.6 is 11.6 Å². The van der Waals surface area contributed by atoms with Gasteiger partial charge >= 0.3 is 5.97 Å². The van der Waals surface area contributed by atoms with Crippen LogP contribution in [-0.2, 0) is 11.2 Å². The monoisotopic (exact) mass is 390 g/mol. The van der Waals surface area contributed by atoms with Crippen molar-refractivity contribution in [2.45, 2.75) is 13.3 Å². The van der Waals surface area contributed by atoms with E-state index >= 15 is 0 Å². The van der Waals surface area contributed by atoms with Crippen molar-refractivity contribution in [1.82, 2.24) is 0 Å². The quantitative estimate of drug-likeness (QED) is 0.364. The number of ether oxygens (including phenoxy) is 1. The van der Waals surface area contributed by atoms with Gasteiger partial charge in [-0.1, -0.05) is 54.1 Å². The Labute approximate surface area is 168 Å². The number of furan rings is 1. The molecule has 0 aliphatic heterocycles. The number of rotatable bonds is 5. The second-order valence-corrected chi connectivity index (χ2v) is 6.98. The molecule has 0 atom stereocenters. The molecule has 4 rings (SSSR count). The molecule has 4 heteroatoms. The van der Waals surface area contributed by atoms with Gasteiger partial charge in [0.2, 0.25) is 0 Å². The third-order valence-electron chi connectivity index (χ3n) is 4.55. The van der Waals surface area contributed by atoms with E-state index in [0.29, 0.717) is 23.6 Å². The summed E-state index contributed by atoms with van der Waals surface area (Å²) in [6.45, 7) is 2.15. The largest absolute Gasteiger partial charge is 0.462 e. The Bertz CT molecular complexity index is 1140. The topological polar surface area (TPSA) is 39.4 Å². The standard InChI is InChI=1S/C24H19ClO3/c1-2-27-24(26)19-9-4-7-17(14-19)22-11-5-8-18-15-21(28-23(18)22)13-16-6-3-10-20(25)12-16/h3-12,14-15H,2,13H2,1H3. The third kappa shape index (κ3) is 3.80. The van der Waals surface area contributed by atoms with Crippen molar-refractivity contribution in [3.63, 3.8) is 0 Å². The predicted molar refractivity (Wildman–Crippen MR) is 112 cm³/mol. The maximum Gasteiger partial charge on any atom is 0.338 e. The molecule has 0 radical (unpaired) electrons. The van der Waals surface area contributed by atoms with E-state index in [1.807, 2.05) is 60.7 Å². The second kappa shape index (κ2) is 7.91. The summed E-state index contributed by atoms with van der Waals surface area (Å²) in [6, 6.07) is 23.3. The van der Waals surface area contributed by atoms with Crippen LogP contribution in [0.2, 0.25) is 5.02 Å². The summed E-state index contributed by atoms with van der Waals surface area (Å²) in [5.74, 6) is 0.545. The van der Waals surface area contributed by atoms with Gasteiger partial charge in [0.05, 0.1) is 12.2 Å². The van der Waals surface area contributed by atoms with E-state index in [-0.39, 0.29) is 5.97 Å². The van der Waals surface area contributed by atoms with Crippen LogP contribution in [0.5, 0.6) is 0 Å². The highest BCUT2D eigenvalue weighted by atomic mass is 35.5. The Balaban J connectivity index is 1.72. The van der Waals surface area contributed by atoms with Gasteiger partial charge < -0.3 is 9.15 Å². The molecule has 0 saturated heterocycles. The molecule has 28 heavy (non-hydrogen) atoms. The number of halogens is 1. The summed E-state index contributed by atoms with van der Waals surface area (Å²) in [7, 11) is 0. The minimum absolute atomic E-state index is 0.322. The van der Waals surface area contributed by atoms with Crippen molar-refractivity contribution in [2.75, 3.05) is 6.61 Å². The molecule has 0 aliphatic rings. The lowest BCUT2D eigenvalue weighted by Crippen LogP contribution is -2.04. The van der Waals surface area contributed by atoms with Gasteiger partial charge in [0.25, 0.3) is 0 Å². The molecular weight excluding hydrogens is 372 g/mol. The van der Waals surface area contributed by atoms with E-state index in [9.17, 15) is 4.79 Å². The second-order valence-electron chi connectivity index (χ2n) is 6.54. The van der Waals surface area contributed by atoms with Gasteiger partial charge in [-0.3, -0.25) is 0 Å². The lowest BCUT2D eigenvalue weighted by Gasteiger charge is -2.06. The fourth-order valence-electron chi connectivity index (χ4n) is 3.31. The number of para-hydroxylation sites is 1. The van der Waals surface area contributed by atoms with Crippen LogP contribution in [0.25, 0.3) is 22.1 Å². The molecule has 0 N–H and O–H groups in total. The van der Waals surface area contributed by atoms with Gasteiger partial charge in [0.15, 0.2) is 0 Å². The number of fused-ring (bicyclic) bond motifs is 1. The minimum atomic E-state index is -0.322. The molecule has 140 valence electrons. The van der Waals surface area contributed by atoms with Gasteiger partial charge in [-0.05, 0) is 48.4 Å². The minimum Gasteiger partial charge on any atom is -0.462 e.